The summed E-state index contributed by atoms with van der Waals surface area (Å²) < 4.78 is 11.5. The number of aliphatic hydroxyl groups is 1. The van der Waals surface area contributed by atoms with Gasteiger partial charge in [-0.2, -0.15) is 0 Å². The van der Waals surface area contributed by atoms with Crippen molar-refractivity contribution in [2.75, 3.05) is 59.1 Å². The Hall–Kier alpha value is -1.71. The van der Waals surface area contributed by atoms with Crippen LogP contribution in [0.4, 0.5) is 0 Å². The molecule has 1 unspecified atom stereocenters. The second-order valence-corrected chi connectivity index (χ2v) is 19.5. The lowest BCUT2D eigenvalue weighted by atomic mass is 9.94. The van der Waals surface area contributed by atoms with Gasteiger partial charge in [0.05, 0.1) is 19.8 Å². The summed E-state index contributed by atoms with van der Waals surface area (Å²) in [5.74, 6) is 0.591. The van der Waals surface area contributed by atoms with Gasteiger partial charge in [-0.25, -0.2) is 0 Å². The van der Waals surface area contributed by atoms with Gasteiger partial charge >= 0.3 is 11.9 Å². The molecule has 0 saturated heterocycles. The van der Waals surface area contributed by atoms with Crippen molar-refractivity contribution in [3.05, 3.63) is 0 Å². The van der Waals surface area contributed by atoms with E-state index in [0.717, 1.165) is 96.9 Å². The van der Waals surface area contributed by atoms with Gasteiger partial charge in [0, 0.05) is 57.4 Å². The highest BCUT2D eigenvalue weighted by molar-refractivity contribution is 5.75. The molecule has 9 heteroatoms. The van der Waals surface area contributed by atoms with Crippen LogP contribution in [0, 0.1) is 11.8 Å². The topological polar surface area (TPSA) is 108 Å². The number of carbonyl (C=O) groups is 3. The zero-order valence-electron chi connectivity index (χ0n) is 42.2. The minimum Gasteiger partial charge on any atom is -0.465 e. The average molecular weight is 892 g/mol. The molecule has 372 valence electrons. The molecule has 1 fully saturated rings. The average Bonchev–Trinajstić information content (AvgIpc) is 3.83. The quantitative estimate of drug-likeness (QED) is 0.0459. The van der Waals surface area contributed by atoms with Crippen molar-refractivity contribution in [1.29, 1.82) is 0 Å². The molecule has 0 aliphatic heterocycles. The molecule has 1 atom stereocenters. The van der Waals surface area contributed by atoms with Crippen molar-refractivity contribution >= 4 is 17.8 Å². The van der Waals surface area contributed by atoms with Gasteiger partial charge in [-0.15, -0.1) is 0 Å². The van der Waals surface area contributed by atoms with Crippen molar-refractivity contribution < 1.29 is 29.0 Å². The monoisotopic (exact) mass is 892 g/mol. The molecule has 1 rings (SSSR count). The number of nitrogens with zero attached hydrogens (tertiary/aromatic N) is 2. The maximum absolute atomic E-state index is 12.9. The van der Waals surface area contributed by atoms with Crippen LogP contribution in [0.2, 0.25) is 0 Å². The van der Waals surface area contributed by atoms with Crippen LogP contribution in [0.15, 0.2) is 0 Å². The molecular formula is C54H105N3O6. The lowest BCUT2D eigenvalue weighted by Gasteiger charge is -2.32. The summed E-state index contributed by atoms with van der Waals surface area (Å²) in [6.07, 6.45) is 39.2. The SMILES string of the molecule is CCCCCCCCC(CCCCCC)CNC(=O)CCCCCN(CCO)CCN(CCCCC(COC(=O)CCCCCCC)COC(=O)CCCCCCC)C1CCCC1. The molecule has 0 heterocycles. The maximum atomic E-state index is 12.9. The third kappa shape index (κ3) is 36.1. The van der Waals surface area contributed by atoms with Crippen LogP contribution >= 0.6 is 0 Å². The normalized spacial score (nSPS) is 13.7. The third-order valence-corrected chi connectivity index (χ3v) is 13.6. The highest BCUT2D eigenvalue weighted by Crippen LogP contribution is 2.25. The first kappa shape index (κ1) is 59.3. The van der Waals surface area contributed by atoms with E-state index in [0.29, 0.717) is 51.0 Å². The summed E-state index contributed by atoms with van der Waals surface area (Å²) in [5, 5.41) is 13.2. The van der Waals surface area contributed by atoms with Crippen LogP contribution in [-0.2, 0) is 23.9 Å². The predicted molar refractivity (Wildman–Crippen MR) is 265 cm³/mol. The van der Waals surface area contributed by atoms with E-state index in [-0.39, 0.29) is 30.4 Å². The van der Waals surface area contributed by atoms with E-state index in [4.69, 9.17) is 9.47 Å². The lowest BCUT2D eigenvalue weighted by Crippen LogP contribution is -2.41. The molecule has 0 aromatic rings. The lowest BCUT2D eigenvalue weighted by molar-refractivity contribution is -0.149. The summed E-state index contributed by atoms with van der Waals surface area (Å²) in [5.41, 5.74) is 0. The van der Waals surface area contributed by atoms with Gasteiger partial charge in [0.2, 0.25) is 5.91 Å². The molecule has 63 heavy (non-hydrogen) atoms. The van der Waals surface area contributed by atoms with E-state index < -0.39 is 0 Å². The molecule has 1 aliphatic carbocycles. The van der Waals surface area contributed by atoms with Crippen LogP contribution in [-0.4, -0.2) is 97.9 Å². The summed E-state index contributed by atoms with van der Waals surface area (Å²) in [6.45, 7) is 15.2. The van der Waals surface area contributed by atoms with Crippen LogP contribution in [0.25, 0.3) is 0 Å². The molecule has 0 aromatic heterocycles. The molecule has 1 saturated carbocycles. The molecule has 0 radical (unpaired) electrons. The molecule has 9 nitrogen and oxygen atoms in total. The van der Waals surface area contributed by atoms with E-state index in [1.165, 1.54) is 141 Å². The fraction of sp³-hybridized carbons (Fsp3) is 0.944. The summed E-state index contributed by atoms with van der Waals surface area (Å²) in [6, 6.07) is 0.619. The van der Waals surface area contributed by atoms with Crippen LogP contribution in [0.5, 0.6) is 0 Å². The fourth-order valence-corrected chi connectivity index (χ4v) is 9.33. The maximum Gasteiger partial charge on any atom is 0.305 e. The van der Waals surface area contributed by atoms with Crippen molar-refractivity contribution in [3.63, 3.8) is 0 Å². The van der Waals surface area contributed by atoms with Gasteiger partial charge in [0.15, 0.2) is 0 Å². The highest BCUT2D eigenvalue weighted by atomic mass is 16.5. The van der Waals surface area contributed by atoms with Crippen molar-refractivity contribution in [3.8, 4) is 0 Å². The molecule has 1 aliphatic rings. The van der Waals surface area contributed by atoms with Crippen LogP contribution in [0.1, 0.15) is 252 Å². The summed E-state index contributed by atoms with van der Waals surface area (Å²) in [7, 11) is 0. The number of esters is 2. The second kappa shape index (κ2) is 44.1. The van der Waals surface area contributed by atoms with Crippen molar-refractivity contribution in [2.24, 2.45) is 11.8 Å². The van der Waals surface area contributed by atoms with E-state index >= 15 is 0 Å². The van der Waals surface area contributed by atoms with Gasteiger partial charge in [-0.05, 0) is 83.2 Å². The Bertz CT molecular complexity index is 1010. The number of aliphatic hydroxyl groups excluding tert-OH is 1. The van der Waals surface area contributed by atoms with E-state index in [2.05, 4.69) is 42.8 Å². The van der Waals surface area contributed by atoms with Gasteiger partial charge in [-0.3, -0.25) is 24.2 Å². The second-order valence-electron chi connectivity index (χ2n) is 19.5. The molecule has 2 N–H and O–H groups in total. The Morgan fingerprint density at radius 1 is 0.508 bits per heavy atom. The number of unbranched alkanes of at least 4 members (excludes halogenated alkanes) is 19. The van der Waals surface area contributed by atoms with Gasteiger partial charge in [0.25, 0.3) is 0 Å². The number of hydrogen-bond acceptors (Lipinski definition) is 8. The predicted octanol–water partition coefficient (Wildman–Crippen LogP) is 13.1. The minimum absolute atomic E-state index is 0.0243. The van der Waals surface area contributed by atoms with Crippen LogP contribution < -0.4 is 5.32 Å². The molecule has 0 bridgehead atoms. The highest BCUT2D eigenvalue weighted by Gasteiger charge is 2.23. The molecule has 1 amide bonds. The number of rotatable bonds is 47. The molecular weight excluding hydrogens is 787 g/mol. The van der Waals surface area contributed by atoms with Crippen LogP contribution in [0.3, 0.4) is 0 Å². The number of ether oxygens (including phenoxy) is 2. The van der Waals surface area contributed by atoms with E-state index in [1.807, 2.05) is 0 Å². The number of carbonyl (C=O) groups excluding carboxylic acids is 3. The van der Waals surface area contributed by atoms with Gasteiger partial charge in [-0.1, -0.05) is 169 Å². The van der Waals surface area contributed by atoms with Gasteiger partial charge < -0.3 is 19.9 Å². The largest absolute Gasteiger partial charge is 0.465 e. The Morgan fingerprint density at radius 3 is 1.51 bits per heavy atom. The standard InChI is InChI=1S/C54H105N3O6/c1-5-9-13-17-20-23-33-49(32-22-16-12-8-4)46-55-52(59)37-24-21-30-40-56(44-45-58)42-43-57(51-35-27-28-36-51)41-31-29-34-50(47-62-53(60)38-25-18-14-10-6-2)48-63-54(61)39-26-19-15-11-7-3/h49-51,58H,5-48H2,1-4H3,(H,55,59). The Morgan fingerprint density at radius 2 is 0.952 bits per heavy atom. The zero-order chi connectivity index (χ0) is 45.9. The summed E-state index contributed by atoms with van der Waals surface area (Å²) in [4.78, 5) is 43.1. The van der Waals surface area contributed by atoms with Crippen molar-refractivity contribution in [1.82, 2.24) is 15.1 Å². The van der Waals surface area contributed by atoms with E-state index in [1.54, 1.807) is 0 Å². The molecule has 0 aromatic carbocycles. The number of amides is 1. The number of hydrogen-bond donors (Lipinski definition) is 2. The minimum atomic E-state index is -0.130. The smallest absolute Gasteiger partial charge is 0.305 e. The Kier molecular flexibility index (Phi) is 41.6. The Labute approximate surface area is 390 Å². The summed E-state index contributed by atoms with van der Waals surface area (Å²) >= 11 is 0. The molecule has 0 spiro atoms. The first-order chi connectivity index (χ1) is 30.9. The fourth-order valence-electron chi connectivity index (χ4n) is 9.33. The zero-order valence-corrected chi connectivity index (χ0v) is 42.2. The first-order valence-corrected chi connectivity index (χ1v) is 27.5. The third-order valence-electron chi connectivity index (χ3n) is 13.6. The Balaban J connectivity index is 2.56. The van der Waals surface area contributed by atoms with Gasteiger partial charge in [0.1, 0.15) is 0 Å². The first-order valence-electron chi connectivity index (χ1n) is 27.5. The van der Waals surface area contributed by atoms with Crippen molar-refractivity contribution in [2.45, 2.75) is 258 Å². The number of nitrogens with one attached hydrogen (secondary N) is 1. The van der Waals surface area contributed by atoms with E-state index in [9.17, 15) is 19.5 Å².